The van der Waals surface area contributed by atoms with Crippen molar-refractivity contribution in [2.24, 2.45) is 0 Å². The van der Waals surface area contributed by atoms with Gasteiger partial charge in [0, 0.05) is 30.0 Å². The molecule has 6 heteroatoms. The highest BCUT2D eigenvalue weighted by atomic mass is 16.5. The lowest BCUT2D eigenvalue weighted by atomic mass is 10.1. The van der Waals surface area contributed by atoms with Gasteiger partial charge in [-0.2, -0.15) is 5.26 Å². The lowest BCUT2D eigenvalue weighted by Crippen LogP contribution is -2.05. The van der Waals surface area contributed by atoms with Crippen molar-refractivity contribution in [1.82, 2.24) is 19.3 Å². The summed E-state index contributed by atoms with van der Waals surface area (Å²) < 4.78 is 9.56. The van der Waals surface area contributed by atoms with Gasteiger partial charge in [0.15, 0.2) is 5.82 Å². The van der Waals surface area contributed by atoms with Crippen molar-refractivity contribution in [2.45, 2.75) is 46.1 Å². The molecular weight excluding hydrogens is 362 g/mol. The molecule has 29 heavy (non-hydrogen) atoms. The van der Waals surface area contributed by atoms with Crippen LogP contribution in [0.5, 0.6) is 5.75 Å². The van der Waals surface area contributed by atoms with Crippen LogP contribution in [0.2, 0.25) is 0 Å². The molecule has 0 amide bonds. The van der Waals surface area contributed by atoms with Gasteiger partial charge in [0.2, 0.25) is 0 Å². The molecule has 0 bridgehead atoms. The van der Waals surface area contributed by atoms with Gasteiger partial charge in [-0.15, -0.1) is 10.2 Å². The topological polar surface area (TPSA) is 68.7 Å². The SMILES string of the molecule is COc1ccc(-n2c(C)cc(C=C(C#N)c3nnc4n3CCCCC4)c2C)cc1. The Hall–Kier alpha value is -3.33. The zero-order valence-corrected chi connectivity index (χ0v) is 17.1. The van der Waals surface area contributed by atoms with Crippen LogP contribution in [0.3, 0.4) is 0 Å². The van der Waals surface area contributed by atoms with Gasteiger partial charge in [-0.1, -0.05) is 6.42 Å². The van der Waals surface area contributed by atoms with Crippen molar-refractivity contribution < 1.29 is 4.74 Å². The van der Waals surface area contributed by atoms with Crippen LogP contribution >= 0.6 is 0 Å². The number of ether oxygens (including phenoxy) is 1. The normalized spacial score (nSPS) is 14.2. The number of allylic oxidation sites excluding steroid dienone is 1. The third kappa shape index (κ3) is 3.56. The molecule has 0 N–H and O–H groups in total. The average Bonchev–Trinajstić information content (AvgIpc) is 3.15. The third-order valence-electron chi connectivity index (χ3n) is 5.57. The number of nitrogens with zero attached hydrogens (tertiary/aromatic N) is 5. The first-order valence-corrected chi connectivity index (χ1v) is 10.00. The number of aromatic nitrogens is 4. The number of nitriles is 1. The van der Waals surface area contributed by atoms with Crippen molar-refractivity contribution in [3.05, 3.63) is 58.9 Å². The molecule has 3 heterocycles. The smallest absolute Gasteiger partial charge is 0.174 e. The molecule has 0 unspecified atom stereocenters. The van der Waals surface area contributed by atoms with Crippen molar-refractivity contribution >= 4 is 11.6 Å². The summed E-state index contributed by atoms with van der Waals surface area (Å²) in [7, 11) is 1.67. The predicted octanol–water partition coefficient (Wildman–Crippen LogP) is 4.48. The highest BCUT2D eigenvalue weighted by molar-refractivity contribution is 5.88. The van der Waals surface area contributed by atoms with E-state index < -0.39 is 0 Å². The maximum Gasteiger partial charge on any atom is 0.174 e. The number of aryl methyl sites for hydroxylation is 2. The minimum atomic E-state index is 0.556. The Kier molecular flexibility index (Phi) is 5.22. The maximum atomic E-state index is 9.85. The summed E-state index contributed by atoms with van der Waals surface area (Å²) in [6.07, 6.45) is 6.29. The van der Waals surface area contributed by atoms with Gasteiger partial charge in [-0.3, -0.25) is 0 Å². The van der Waals surface area contributed by atoms with Crippen molar-refractivity contribution in [3.63, 3.8) is 0 Å². The van der Waals surface area contributed by atoms with Crippen LogP contribution in [-0.4, -0.2) is 26.4 Å². The van der Waals surface area contributed by atoms with E-state index in [-0.39, 0.29) is 0 Å². The van der Waals surface area contributed by atoms with Crippen LogP contribution < -0.4 is 4.74 Å². The highest BCUT2D eigenvalue weighted by Gasteiger charge is 2.19. The number of benzene rings is 1. The standard InChI is InChI=1S/C23H25N5O/c1-16-13-18(17(2)28(16)20-8-10-21(29-3)11-9-20)14-19(15-24)23-26-25-22-7-5-4-6-12-27(22)23/h8-11,13-14H,4-7,12H2,1-3H3. The van der Waals surface area contributed by atoms with E-state index in [2.05, 4.69) is 45.3 Å². The van der Waals surface area contributed by atoms with Gasteiger partial charge in [0.1, 0.15) is 17.6 Å². The molecule has 0 atom stereocenters. The van der Waals surface area contributed by atoms with Crippen molar-refractivity contribution in [3.8, 4) is 17.5 Å². The van der Waals surface area contributed by atoms with E-state index in [4.69, 9.17) is 4.74 Å². The number of hydrogen-bond donors (Lipinski definition) is 0. The minimum absolute atomic E-state index is 0.556. The maximum absolute atomic E-state index is 9.85. The predicted molar refractivity (Wildman–Crippen MR) is 113 cm³/mol. The molecule has 0 saturated heterocycles. The zero-order chi connectivity index (χ0) is 20.4. The summed E-state index contributed by atoms with van der Waals surface area (Å²) in [5.74, 6) is 2.50. The molecule has 2 aromatic heterocycles. The van der Waals surface area contributed by atoms with E-state index >= 15 is 0 Å². The fraction of sp³-hybridized carbons (Fsp3) is 0.348. The van der Waals surface area contributed by atoms with Crippen molar-refractivity contribution in [2.75, 3.05) is 7.11 Å². The van der Waals surface area contributed by atoms with Crippen LogP contribution in [0.1, 0.15) is 47.9 Å². The Balaban J connectivity index is 1.74. The van der Waals surface area contributed by atoms with Gasteiger partial charge < -0.3 is 13.9 Å². The van der Waals surface area contributed by atoms with Gasteiger partial charge >= 0.3 is 0 Å². The Morgan fingerprint density at radius 3 is 2.66 bits per heavy atom. The summed E-state index contributed by atoms with van der Waals surface area (Å²) in [4.78, 5) is 0. The Morgan fingerprint density at radius 1 is 1.14 bits per heavy atom. The lowest BCUT2D eigenvalue weighted by molar-refractivity contribution is 0.414. The van der Waals surface area contributed by atoms with E-state index in [0.717, 1.165) is 60.0 Å². The molecule has 1 aliphatic rings. The van der Waals surface area contributed by atoms with E-state index in [9.17, 15) is 5.26 Å². The van der Waals surface area contributed by atoms with Gasteiger partial charge in [0.05, 0.1) is 12.7 Å². The summed E-state index contributed by atoms with van der Waals surface area (Å²) >= 11 is 0. The molecule has 148 valence electrons. The number of methoxy groups -OCH3 is 1. The molecule has 1 aromatic carbocycles. The molecule has 0 saturated carbocycles. The molecule has 3 aromatic rings. The van der Waals surface area contributed by atoms with Gasteiger partial charge in [-0.05, 0) is 68.7 Å². The Labute approximate surface area is 171 Å². The van der Waals surface area contributed by atoms with Gasteiger partial charge in [0.25, 0.3) is 0 Å². The van der Waals surface area contributed by atoms with Crippen LogP contribution in [0.25, 0.3) is 17.3 Å². The van der Waals surface area contributed by atoms with Crippen LogP contribution in [0.15, 0.2) is 30.3 Å². The molecule has 0 spiro atoms. The number of hydrogen-bond acceptors (Lipinski definition) is 4. The summed E-state index contributed by atoms with van der Waals surface area (Å²) in [6, 6.07) is 12.4. The van der Waals surface area contributed by atoms with Crippen LogP contribution in [0, 0.1) is 25.2 Å². The minimum Gasteiger partial charge on any atom is -0.497 e. The summed E-state index contributed by atoms with van der Waals surface area (Å²) in [5, 5.41) is 18.5. The lowest BCUT2D eigenvalue weighted by Gasteiger charge is -2.10. The largest absolute Gasteiger partial charge is 0.497 e. The first-order valence-electron chi connectivity index (χ1n) is 10.00. The molecule has 0 fully saturated rings. The van der Waals surface area contributed by atoms with Gasteiger partial charge in [-0.25, -0.2) is 0 Å². The molecule has 1 aliphatic heterocycles. The summed E-state index contributed by atoms with van der Waals surface area (Å²) in [5.41, 5.74) is 4.82. The first-order chi connectivity index (χ1) is 14.1. The quantitative estimate of drug-likeness (QED) is 0.619. The molecule has 0 radical (unpaired) electrons. The van der Waals surface area contributed by atoms with Crippen LogP contribution in [0.4, 0.5) is 0 Å². The Bertz CT molecular complexity index is 1100. The third-order valence-corrected chi connectivity index (χ3v) is 5.57. The second-order valence-electron chi connectivity index (χ2n) is 7.43. The summed E-state index contributed by atoms with van der Waals surface area (Å²) in [6.45, 7) is 5.02. The van der Waals surface area contributed by atoms with E-state index in [1.165, 1.54) is 6.42 Å². The molecular formula is C23H25N5O. The highest BCUT2D eigenvalue weighted by Crippen LogP contribution is 2.27. The molecule has 0 aliphatic carbocycles. The molecule has 4 rings (SSSR count). The number of rotatable bonds is 4. The number of fused-ring (bicyclic) bond motifs is 1. The first kappa shape index (κ1) is 19.0. The van der Waals surface area contributed by atoms with E-state index in [1.54, 1.807) is 7.11 Å². The fourth-order valence-electron chi connectivity index (χ4n) is 4.05. The second kappa shape index (κ2) is 7.96. The van der Waals surface area contributed by atoms with E-state index in [1.807, 2.05) is 30.3 Å². The Morgan fingerprint density at radius 2 is 1.93 bits per heavy atom. The van der Waals surface area contributed by atoms with E-state index in [0.29, 0.717) is 11.4 Å². The molecule has 6 nitrogen and oxygen atoms in total. The van der Waals surface area contributed by atoms with Crippen molar-refractivity contribution in [1.29, 1.82) is 5.26 Å². The monoisotopic (exact) mass is 387 g/mol. The second-order valence-corrected chi connectivity index (χ2v) is 7.43. The average molecular weight is 387 g/mol. The zero-order valence-electron chi connectivity index (χ0n) is 17.1. The fourth-order valence-corrected chi connectivity index (χ4v) is 4.05. The van der Waals surface area contributed by atoms with Crippen LogP contribution in [-0.2, 0) is 13.0 Å².